The van der Waals surface area contributed by atoms with Gasteiger partial charge in [-0.05, 0) is 0 Å². The lowest BCUT2D eigenvalue weighted by Gasteiger charge is -2.15. The van der Waals surface area contributed by atoms with Crippen molar-refractivity contribution in [2.24, 2.45) is 0 Å². The molecule has 0 atom stereocenters. The molecular weight excluding hydrogens is 220 g/mol. The molecule has 0 aliphatic heterocycles. The van der Waals surface area contributed by atoms with Gasteiger partial charge in [0.05, 0.1) is 19.3 Å². The zero-order valence-electron chi connectivity index (χ0n) is 9.58. The molecule has 0 spiro atoms. The highest BCUT2D eigenvalue weighted by Crippen LogP contribution is 1.99. The number of aromatic nitrogens is 5. The van der Waals surface area contributed by atoms with Gasteiger partial charge in [-0.15, -0.1) is 5.10 Å². The molecule has 0 unspecified atom stereocenters. The van der Waals surface area contributed by atoms with E-state index in [0.29, 0.717) is 19.5 Å². The van der Waals surface area contributed by atoms with Crippen LogP contribution in [0, 0.1) is 0 Å². The summed E-state index contributed by atoms with van der Waals surface area (Å²) in [6, 6.07) is 0. The lowest BCUT2D eigenvalue weighted by Crippen LogP contribution is -2.27. The normalized spacial score (nSPS) is 10.4. The molecule has 2 aromatic rings. The van der Waals surface area contributed by atoms with Crippen molar-refractivity contribution in [3.8, 4) is 0 Å². The van der Waals surface area contributed by atoms with Gasteiger partial charge in [0.2, 0.25) is 5.91 Å². The van der Waals surface area contributed by atoms with E-state index < -0.39 is 0 Å². The van der Waals surface area contributed by atoms with Crippen molar-refractivity contribution in [2.45, 2.75) is 19.5 Å². The number of amides is 1. The van der Waals surface area contributed by atoms with Crippen molar-refractivity contribution in [1.82, 2.24) is 29.9 Å². The van der Waals surface area contributed by atoms with E-state index in [2.05, 4.69) is 20.3 Å². The second-order valence-electron chi connectivity index (χ2n) is 3.70. The summed E-state index contributed by atoms with van der Waals surface area (Å²) in [4.78, 5) is 20.5. The molecule has 90 valence electrons. The number of nitrogens with zero attached hydrogens (tertiary/aromatic N) is 5. The molecule has 0 fully saturated rings. The molecule has 0 saturated carbocycles. The zero-order valence-corrected chi connectivity index (χ0v) is 9.58. The molecule has 2 aromatic heterocycles. The van der Waals surface area contributed by atoms with Crippen molar-refractivity contribution < 1.29 is 4.79 Å². The first kappa shape index (κ1) is 11.3. The van der Waals surface area contributed by atoms with Crippen LogP contribution in [0.25, 0.3) is 0 Å². The summed E-state index contributed by atoms with van der Waals surface area (Å²) in [5.74, 6) is 0.832. The van der Waals surface area contributed by atoms with Gasteiger partial charge in [-0.1, -0.05) is 5.21 Å². The molecule has 0 radical (unpaired) electrons. The number of aryl methyl sites for hydroxylation is 1. The van der Waals surface area contributed by atoms with E-state index in [9.17, 15) is 4.79 Å². The van der Waals surface area contributed by atoms with Crippen LogP contribution in [-0.2, 0) is 17.9 Å². The first-order valence-electron chi connectivity index (χ1n) is 5.32. The van der Waals surface area contributed by atoms with Crippen LogP contribution in [0.4, 0.5) is 0 Å². The minimum atomic E-state index is 0.0527. The van der Waals surface area contributed by atoms with Gasteiger partial charge in [0.1, 0.15) is 5.82 Å². The Morgan fingerprint density at radius 1 is 1.53 bits per heavy atom. The van der Waals surface area contributed by atoms with E-state index in [4.69, 9.17) is 0 Å². The van der Waals surface area contributed by atoms with Gasteiger partial charge in [0.25, 0.3) is 0 Å². The number of rotatable bonds is 5. The Balaban J connectivity index is 1.79. The van der Waals surface area contributed by atoms with Crippen molar-refractivity contribution in [3.05, 3.63) is 30.6 Å². The summed E-state index contributed by atoms with van der Waals surface area (Å²) in [5, 5.41) is 7.48. The summed E-state index contributed by atoms with van der Waals surface area (Å²) in [7, 11) is 1.76. The Morgan fingerprint density at radius 3 is 3.06 bits per heavy atom. The Hall–Kier alpha value is -2.18. The van der Waals surface area contributed by atoms with Crippen molar-refractivity contribution in [2.75, 3.05) is 7.05 Å². The Bertz CT molecular complexity index is 449. The molecule has 7 heteroatoms. The third kappa shape index (κ3) is 3.13. The van der Waals surface area contributed by atoms with E-state index in [1.54, 1.807) is 41.4 Å². The molecular formula is C10H14N6O. The Kier molecular flexibility index (Phi) is 3.49. The Labute approximate surface area is 98.5 Å². The van der Waals surface area contributed by atoms with E-state index in [1.807, 2.05) is 0 Å². The minimum absolute atomic E-state index is 0.0527. The molecule has 0 aliphatic rings. The largest absolute Gasteiger partial charge is 0.347 e. The molecule has 17 heavy (non-hydrogen) atoms. The third-order valence-electron chi connectivity index (χ3n) is 2.39. The van der Waals surface area contributed by atoms with Gasteiger partial charge in [0, 0.05) is 32.1 Å². The second-order valence-corrected chi connectivity index (χ2v) is 3.70. The van der Waals surface area contributed by atoms with Gasteiger partial charge in [-0.2, -0.15) is 0 Å². The molecule has 7 nitrogen and oxygen atoms in total. The van der Waals surface area contributed by atoms with Gasteiger partial charge in [-0.25, -0.2) is 4.98 Å². The minimum Gasteiger partial charge on any atom is -0.347 e. The fourth-order valence-corrected chi connectivity index (χ4v) is 1.45. The fraction of sp³-hybridized carbons (Fsp3) is 0.400. The monoisotopic (exact) mass is 234 g/mol. The third-order valence-corrected chi connectivity index (χ3v) is 2.39. The maximum Gasteiger partial charge on any atom is 0.224 e. The van der Waals surface area contributed by atoms with Gasteiger partial charge >= 0.3 is 0 Å². The molecule has 1 N–H and O–H groups in total. The number of nitrogens with one attached hydrogen (secondary N) is 1. The van der Waals surface area contributed by atoms with E-state index in [1.165, 1.54) is 0 Å². The second kappa shape index (κ2) is 5.24. The molecule has 2 rings (SSSR count). The maximum atomic E-state index is 11.8. The van der Waals surface area contributed by atoms with Gasteiger partial charge < -0.3 is 9.88 Å². The van der Waals surface area contributed by atoms with E-state index >= 15 is 0 Å². The number of hydrogen-bond acceptors (Lipinski definition) is 4. The first-order valence-corrected chi connectivity index (χ1v) is 5.32. The highest BCUT2D eigenvalue weighted by Gasteiger charge is 2.10. The lowest BCUT2D eigenvalue weighted by molar-refractivity contribution is -0.130. The number of aromatic amines is 1. The first-order chi connectivity index (χ1) is 8.25. The van der Waals surface area contributed by atoms with Crippen molar-refractivity contribution in [1.29, 1.82) is 0 Å². The van der Waals surface area contributed by atoms with Crippen molar-refractivity contribution >= 4 is 5.91 Å². The summed E-state index contributed by atoms with van der Waals surface area (Å²) in [6.07, 6.45) is 7.14. The SMILES string of the molecule is CN(Cc1ncc[nH]1)C(=O)CCn1ccnn1. The van der Waals surface area contributed by atoms with Crippen molar-refractivity contribution in [3.63, 3.8) is 0 Å². The fourth-order valence-electron chi connectivity index (χ4n) is 1.45. The number of imidazole rings is 1. The zero-order chi connectivity index (χ0) is 12.1. The topological polar surface area (TPSA) is 79.7 Å². The summed E-state index contributed by atoms with van der Waals surface area (Å²) >= 11 is 0. The summed E-state index contributed by atoms with van der Waals surface area (Å²) in [5.41, 5.74) is 0. The average Bonchev–Trinajstić information content (AvgIpc) is 2.98. The molecule has 0 bridgehead atoms. The van der Waals surface area contributed by atoms with E-state index in [0.717, 1.165) is 5.82 Å². The quantitative estimate of drug-likeness (QED) is 0.792. The molecule has 0 saturated heterocycles. The predicted molar refractivity (Wildman–Crippen MR) is 59.7 cm³/mol. The van der Waals surface area contributed by atoms with Crippen LogP contribution in [0.1, 0.15) is 12.2 Å². The number of hydrogen-bond donors (Lipinski definition) is 1. The lowest BCUT2D eigenvalue weighted by atomic mass is 10.3. The molecule has 0 aliphatic carbocycles. The van der Waals surface area contributed by atoms with E-state index in [-0.39, 0.29) is 5.91 Å². The highest BCUT2D eigenvalue weighted by atomic mass is 16.2. The standard InChI is InChI=1S/C10H14N6O/c1-15(8-9-11-3-4-12-9)10(17)2-6-16-7-5-13-14-16/h3-5,7H,2,6,8H2,1H3,(H,11,12). The van der Waals surface area contributed by atoms with Crippen LogP contribution < -0.4 is 0 Å². The summed E-state index contributed by atoms with van der Waals surface area (Å²) in [6.45, 7) is 1.03. The number of carbonyl (C=O) groups excluding carboxylic acids is 1. The van der Waals surface area contributed by atoms with Gasteiger partial charge in [-0.3, -0.25) is 9.48 Å². The Morgan fingerprint density at radius 2 is 2.41 bits per heavy atom. The predicted octanol–water partition coefficient (Wildman–Crippen LogP) is 0.0499. The molecule has 0 aromatic carbocycles. The molecule has 2 heterocycles. The highest BCUT2D eigenvalue weighted by molar-refractivity contribution is 5.75. The number of carbonyl (C=O) groups is 1. The van der Waals surface area contributed by atoms with Crippen LogP contribution in [0.15, 0.2) is 24.8 Å². The van der Waals surface area contributed by atoms with Crippen LogP contribution in [-0.4, -0.2) is 42.8 Å². The van der Waals surface area contributed by atoms with Crippen LogP contribution in [0.5, 0.6) is 0 Å². The average molecular weight is 234 g/mol. The van der Waals surface area contributed by atoms with Gasteiger partial charge in [0.15, 0.2) is 0 Å². The number of H-pyrrole nitrogens is 1. The van der Waals surface area contributed by atoms with Crippen LogP contribution in [0.3, 0.4) is 0 Å². The molecule has 1 amide bonds. The smallest absolute Gasteiger partial charge is 0.224 e. The maximum absolute atomic E-state index is 11.8. The summed E-state index contributed by atoms with van der Waals surface area (Å²) < 4.78 is 1.64. The van der Waals surface area contributed by atoms with Crippen LogP contribution >= 0.6 is 0 Å². The van der Waals surface area contributed by atoms with Crippen LogP contribution in [0.2, 0.25) is 0 Å².